The van der Waals surface area contributed by atoms with Crippen molar-refractivity contribution in [3.8, 4) is 11.5 Å². The largest absolute Gasteiger partial charge is 0.492 e. The van der Waals surface area contributed by atoms with E-state index in [1.807, 2.05) is 19.9 Å². The molecule has 1 aliphatic rings. The first-order valence-corrected chi connectivity index (χ1v) is 9.13. The topological polar surface area (TPSA) is 86.1 Å². The summed E-state index contributed by atoms with van der Waals surface area (Å²) in [5.74, 6) is 1.02. The molecule has 0 unspecified atom stereocenters. The fraction of sp³-hybridized carbons (Fsp3) is 0.474. The Morgan fingerprint density at radius 1 is 1.15 bits per heavy atom. The van der Waals surface area contributed by atoms with Gasteiger partial charge in [0.05, 0.1) is 43.5 Å². The predicted octanol–water partition coefficient (Wildman–Crippen LogP) is 2.87. The van der Waals surface area contributed by atoms with Crippen LogP contribution in [0.3, 0.4) is 0 Å². The van der Waals surface area contributed by atoms with Gasteiger partial charge in [-0.25, -0.2) is 0 Å². The number of carbonyl (C=O) groups is 1. The van der Waals surface area contributed by atoms with Gasteiger partial charge in [0.25, 0.3) is 5.91 Å². The van der Waals surface area contributed by atoms with Crippen molar-refractivity contribution in [2.24, 2.45) is 0 Å². The van der Waals surface area contributed by atoms with Crippen LogP contribution in [-0.2, 0) is 4.74 Å². The maximum Gasteiger partial charge on any atom is 0.294 e. The van der Waals surface area contributed by atoms with Gasteiger partial charge in [0.2, 0.25) is 5.76 Å². The van der Waals surface area contributed by atoms with E-state index in [4.69, 9.17) is 18.7 Å². The number of morpholine rings is 1. The van der Waals surface area contributed by atoms with Crippen LogP contribution in [0.4, 0.5) is 11.4 Å². The van der Waals surface area contributed by atoms with Crippen LogP contribution < -0.4 is 19.7 Å². The Labute approximate surface area is 158 Å². The van der Waals surface area contributed by atoms with Crippen molar-refractivity contribution >= 4 is 17.3 Å². The molecule has 0 saturated carbocycles. The van der Waals surface area contributed by atoms with E-state index >= 15 is 0 Å². The van der Waals surface area contributed by atoms with Crippen LogP contribution in [0.1, 0.15) is 30.1 Å². The van der Waals surface area contributed by atoms with Crippen LogP contribution >= 0.6 is 0 Å². The van der Waals surface area contributed by atoms with Crippen LogP contribution in [0, 0.1) is 6.92 Å². The predicted molar refractivity (Wildman–Crippen MR) is 101 cm³/mol. The number of nitrogens with one attached hydrogen (secondary N) is 1. The summed E-state index contributed by atoms with van der Waals surface area (Å²) in [5, 5.41) is 6.58. The first kappa shape index (κ1) is 19.0. The summed E-state index contributed by atoms with van der Waals surface area (Å²) in [6.45, 7) is 9.45. The van der Waals surface area contributed by atoms with Gasteiger partial charge in [0, 0.05) is 31.3 Å². The molecule has 1 fully saturated rings. The highest BCUT2D eigenvalue weighted by molar-refractivity contribution is 6.03. The Morgan fingerprint density at radius 2 is 1.85 bits per heavy atom. The van der Waals surface area contributed by atoms with E-state index in [1.165, 1.54) is 0 Å². The molecular weight excluding hydrogens is 350 g/mol. The van der Waals surface area contributed by atoms with Crippen LogP contribution in [-0.4, -0.2) is 50.6 Å². The molecule has 1 aromatic carbocycles. The standard InChI is InChI=1S/C19H25N3O5/c1-4-25-16-12-15(22-6-8-24-9-7-22)17(26-5-2)11-14(16)20-19(23)18-10-13(3)21-27-18/h10-12H,4-9H2,1-3H3,(H,20,23). The maximum absolute atomic E-state index is 12.5. The number of hydrogen-bond donors (Lipinski definition) is 1. The normalized spacial score (nSPS) is 14.1. The molecule has 0 radical (unpaired) electrons. The quantitative estimate of drug-likeness (QED) is 0.796. The number of ether oxygens (including phenoxy) is 3. The highest BCUT2D eigenvalue weighted by Crippen LogP contribution is 2.39. The average Bonchev–Trinajstić information content (AvgIpc) is 3.11. The van der Waals surface area contributed by atoms with Crippen LogP contribution in [0.2, 0.25) is 0 Å². The molecule has 1 saturated heterocycles. The third kappa shape index (κ3) is 4.51. The van der Waals surface area contributed by atoms with Gasteiger partial charge in [-0.1, -0.05) is 5.16 Å². The molecule has 1 N–H and O–H groups in total. The van der Waals surface area contributed by atoms with E-state index in [9.17, 15) is 4.79 Å². The number of hydrogen-bond acceptors (Lipinski definition) is 7. The molecule has 1 aliphatic heterocycles. The van der Waals surface area contributed by atoms with Gasteiger partial charge in [-0.3, -0.25) is 4.79 Å². The van der Waals surface area contributed by atoms with E-state index in [1.54, 1.807) is 19.1 Å². The zero-order valence-corrected chi connectivity index (χ0v) is 15.9. The van der Waals surface area contributed by atoms with Crippen molar-refractivity contribution in [2.75, 3.05) is 49.7 Å². The molecular formula is C19H25N3O5. The molecule has 0 spiro atoms. The van der Waals surface area contributed by atoms with E-state index in [0.29, 0.717) is 49.3 Å². The van der Waals surface area contributed by atoms with Gasteiger partial charge in [0.15, 0.2) is 0 Å². The van der Waals surface area contributed by atoms with E-state index in [0.717, 1.165) is 18.8 Å². The van der Waals surface area contributed by atoms with Crippen molar-refractivity contribution in [1.29, 1.82) is 0 Å². The molecule has 146 valence electrons. The molecule has 0 aliphatic carbocycles. The fourth-order valence-electron chi connectivity index (χ4n) is 2.90. The van der Waals surface area contributed by atoms with E-state index in [-0.39, 0.29) is 5.76 Å². The third-order valence-electron chi connectivity index (χ3n) is 4.11. The van der Waals surface area contributed by atoms with Crippen molar-refractivity contribution in [1.82, 2.24) is 5.16 Å². The number of carbonyl (C=O) groups excluding carboxylic acids is 1. The minimum atomic E-state index is -0.391. The summed E-state index contributed by atoms with van der Waals surface area (Å²) in [7, 11) is 0. The third-order valence-corrected chi connectivity index (χ3v) is 4.11. The Morgan fingerprint density at radius 3 is 2.48 bits per heavy atom. The number of aryl methyl sites for hydroxylation is 1. The Kier molecular flexibility index (Phi) is 6.18. The van der Waals surface area contributed by atoms with Crippen LogP contribution in [0.15, 0.2) is 22.7 Å². The summed E-state index contributed by atoms with van der Waals surface area (Å²) in [4.78, 5) is 14.7. The second-order valence-electron chi connectivity index (χ2n) is 6.07. The summed E-state index contributed by atoms with van der Waals surface area (Å²) in [6.07, 6.45) is 0. The molecule has 0 atom stereocenters. The Balaban J connectivity index is 1.93. The molecule has 27 heavy (non-hydrogen) atoms. The summed E-state index contributed by atoms with van der Waals surface area (Å²) < 4.78 is 22.1. The van der Waals surface area contributed by atoms with Gasteiger partial charge in [-0.05, 0) is 20.8 Å². The molecule has 8 heteroatoms. The van der Waals surface area contributed by atoms with Gasteiger partial charge in [-0.15, -0.1) is 0 Å². The van der Waals surface area contributed by atoms with Gasteiger partial charge in [-0.2, -0.15) is 0 Å². The zero-order chi connectivity index (χ0) is 19.2. The molecule has 2 aromatic rings. The number of amides is 1. The molecule has 0 bridgehead atoms. The number of rotatable bonds is 7. The maximum atomic E-state index is 12.5. The van der Waals surface area contributed by atoms with Gasteiger partial charge < -0.3 is 29.0 Å². The van der Waals surface area contributed by atoms with Crippen molar-refractivity contribution in [2.45, 2.75) is 20.8 Å². The highest BCUT2D eigenvalue weighted by atomic mass is 16.5. The van der Waals surface area contributed by atoms with Gasteiger partial charge >= 0.3 is 0 Å². The summed E-state index contributed by atoms with van der Waals surface area (Å²) >= 11 is 0. The number of aromatic nitrogens is 1. The smallest absolute Gasteiger partial charge is 0.294 e. The molecule has 1 aromatic heterocycles. The van der Waals surface area contributed by atoms with Crippen molar-refractivity contribution in [3.05, 3.63) is 29.7 Å². The number of benzene rings is 1. The first-order valence-electron chi connectivity index (χ1n) is 9.13. The lowest BCUT2D eigenvalue weighted by molar-refractivity contribution is 0.0987. The lowest BCUT2D eigenvalue weighted by atomic mass is 10.2. The lowest BCUT2D eigenvalue weighted by Crippen LogP contribution is -2.36. The number of nitrogens with zero attached hydrogens (tertiary/aromatic N) is 2. The van der Waals surface area contributed by atoms with Crippen LogP contribution in [0.5, 0.6) is 11.5 Å². The second kappa shape index (κ2) is 8.77. The van der Waals surface area contributed by atoms with Crippen molar-refractivity contribution in [3.63, 3.8) is 0 Å². The average molecular weight is 375 g/mol. The first-order chi connectivity index (χ1) is 13.1. The van der Waals surface area contributed by atoms with Gasteiger partial charge in [0.1, 0.15) is 11.5 Å². The SMILES string of the molecule is CCOc1cc(N2CCOCC2)c(OCC)cc1NC(=O)c1cc(C)no1. The highest BCUT2D eigenvalue weighted by Gasteiger charge is 2.21. The Bertz CT molecular complexity index is 784. The fourth-order valence-corrected chi connectivity index (χ4v) is 2.90. The minimum Gasteiger partial charge on any atom is -0.492 e. The summed E-state index contributed by atoms with van der Waals surface area (Å²) in [6, 6.07) is 5.28. The zero-order valence-electron chi connectivity index (χ0n) is 15.9. The van der Waals surface area contributed by atoms with E-state index in [2.05, 4.69) is 15.4 Å². The molecule has 1 amide bonds. The lowest BCUT2D eigenvalue weighted by Gasteiger charge is -2.31. The Hall–Kier alpha value is -2.74. The minimum absolute atomic E-state index is 0.144. The number of anilines is 2. The molecule has 3 rings (SSSR count). The molecule has 2 heterocycles. The van der Waals surface area contributed by atoms with Crippen LogP contribution in [0.25, 0.3) is 0 Å². The monoisotopic (exact) mass is 375 g/mol. The van der Waals surface area contributed by atoms with Crippen molar-refractivity contribution < 1.29 is 23.5 Å². The van der Waals surface area contributed by atoms with E-state index < -0.39 is 5.91 Å². The molecule has 8 nitrogen and oxygen atoms in total. The summed E-state index contributed by atoms with van der Waals surface area (Å²) in [5.41, 5.74) is 2.09. The second-order valence-corrected chi connectivity index (χ2v) is 6.07.